The van der Waals surface area contributed by atoms with E-state index in [2.05, 4.69) is 0 Å². The van der Waals surface area contributed by atoms with Crippen molar-refractivity contribution in [2.75, 3.05) is 6.61 Å². The Bertz CT molecular complexity index is 347. The number of hydrogen-bond acceptors (Lipinski definition) is 5. The Labute approximate surface area is 84.5 Å². The number of nitro groups is 1. The molecule has 0 aromatic carbocycles. The molecule has 14 heavy (non-hydrogen) atoms. The molecular weight excluding hydrogens is 206 g/mol. The minimum Gasteiger partial charge on any atom is -0.466 e. The number of carbonyl (C=O) groups excluding carboxylic acids is 1. The molecule has 0 N–H and O–H groups in total. The van der Waals surface area contributed by atoms with E-state index in [-0.39, 0.29) is 18.7 Å². The molecule has 0 radical (unpaired) electrons. The van der Waals surface area contributed by atoms with Crippen molar-refractivity contribution in [2.24, 2.45) is 0 Å². The Morgan fingerprint density at radius 2 is 2.43 bits per heavy atom. The van der Waals surface area contributed by atoms with Gasteiger partial charge in [0, 0.05) is 6.07 Å². The molecular formula is C8H9NO4S. The van der Waals surface area contributed by atoms with Crippen molar-refractivity contribution in [3.05, 3.63) is 26.4 Å². The first-order valence-electron chi connectivity index (χ1n) is 4.01. The van der Waals surface area contributed by atoms with Gasteiger partial charge in [-0.25, -0.2) is 0 Å². The molecule has 76 valence electrons. The molecule has 0 aliphatic rings. The largest absolute Gasteiger partial charge is 0.466 e. The van der Waals surface area contributed by atoms with E-state index in [0.29, 0.717) is 4.88 Å². The average Bonchev–Trinajstić information content (AvgIpc) is 2.52. The molecule has 0 spiro atoms. The number of nitrogens with zero attached hydrogens (tertiary/aromatic N) is 1. The highest BCUT2D eigenvalue weighted by atomic mass is 32.1. The van der Waals surface area contributed by atoms with Gasteiger partial charge in [0.05, 0.1) is 22.8 Å². The quantitative estimate of drug-likeness (QED) is 0.436. The topological polar surface area (TPSA) is 69.4 Å². The fourth-order valence-electron chi connectivity index (χ4n) is 0.972. The normalized spacial score (nSPS) is 9.79. The van der Waals surface area contributed by atoms with Gasteiger partial charge in [-0.05, 0) is 12.3 Å². The molecule has 0 saturated heterocycles. The summed E-state index contributed by atoms with van der Waals surface area (Å²) in [5.41, 5.74) is -0.0111. The van der Waals surface area contributed by atoms with Crippen molar-refractivity contribution in [3.63, 3.8) is 0 Å². The van der Waals surface area contributed by atoms with Crippen molar-refractivity contribution in [1.82, 2.24) is 0 Å². The summed E-state index contributed by atoms with van der Waals surface area (Å²) in [6.07, 6.45) is -0.0260. The Morgan fingerprint density at radius 3 is 3.00 bits per heavy atom. The third-order valence-corrected chi connectivity index (χ3v) is 2.44. The van der Waals surface area contributed by atoms with Gasteiger partial charge < -0.3 is 4.74 Å². The van der Waals surface area contributed by atoms with E-state index in [0.717, 1.165) is 0 Å². The van der Waals surface area contributed by atoms with Crippen LogP contribution in [-0.2, 0) is 16.0 Å². The van der Waals surface area contributed by atoms with Crippen LogP contribution in [0.5, 0.6) is 0 Å². The molecule has 0 aliphatic carbocycles. The van der Waals surface area contributed by atoms with Gasteiger partial charge in [0.25, 0.3) is 5.69 Å². The predicted molar refractivity (Wildman–Crippen MR) is 51.3 cm³/mol. The zero-order valence-corrected chi connectivity index (χ0v) is 8.37. The third kappa shape index (κ3) is 2.53. The Kier molecular flexibility index (Phi) is 3.58. The van der Waals surface area contributed by atoms with E-state index in [4.69, 9.17) is 4.74 Å². The minimum absolute atomic E-state index is 0.0111. The van der Waals surface area contributed by atoms with Crippen LogP contribution in [0.4, 0.5) is 5.69 Å². The summed E-state index contributed by atoms with van der Waals surface area (Å²) in [6, 6.07) is 1.39. The summed E-state index contributed by atoms with van der Waals surface area (Å²) in [5.74, 6) is -0.432. The van der Waals surface area contributed by atoms with Gasteiger partial charge in [0.2, 0.25) is 0 Å². The van der Waals surface area contributed by atoms with Crippen molar-refractivity contribution in [1.29, 1.82) is 0 Å². The van der Waals surface area contributed by atoms with Crippen LogP contribution < -0.4 is 0 Å². The molecule has 0 amide bonds. The summed E-state index contributed by atoms with van der Waals surface area (Å²) in [6.45, 7) is 1.98. The summed E-state index contributed by atoms with van der Waals surface area (Å²) in [4.78, 5) is 21.5. The van der Waals surface area contributed by atoms with Crippen LogP contribution in [0.3, 0.4) is 0 Å². The third-order valence-electron chi connectivity index (χ3n) is 1.53. The number of carbonyl (C=O) groups is 1. The number of esters is 1. The monoisotopic (exact) mass is 215 g/mol. The zero-order chi connectivity index (χ0) is 10.6. The summed E-state index contributed by atoms with van der Waals surface area (Å²) in [7, 11) is 0. The van der Waals surface area contributed by atoms with Crippen LogP contribution in [-0.4, -0.2) is 17.5 Å². The zero-order valence-electron chi connectivity index (χ0n) is 7.56. The predicted octanol–water partition coefficient (Wildman–Crippen LogP) is 1.76. The molecule has 0 aliphatic heterocycles. The first kappa shape index (κ1) is 10.6. The second kappa shape index (κ2) is 4.71. The lowest BCUT2D eigenvalue weighted by atomic mass is 10.3. The van der Waals surface area contributed by atoms with Crippen LogP contribution in [0.15, 0.2) is 11.4 Å². The summed E-state index contributed by atoms with van der Waals surface area (Å²) >= 11 is 1.19. The second-order valence-electron chi connectivity index (χ2n) is 2.47. The Hall–Kier alpha value is -1.43. The highest BCUT2D eigenvalue weighted by molar-refractivity contribution is 7.10. The fourth-order valence-corrected chi connectivity index (χ4v) is 1.80. The van der Waals surface area contributed by atoms with E-state index in [1.165, 1.54) is 17.4 Å². The van der Waals surface area contributed by atoms with Crippen LogP contribution >= 0.6 is 11.3 Å². The molecule has 0 bridgehead atoms. The molecule has 0 unspecified atom stereocenters. The maximum absolute atomic E-state index is 11.0. The molecule has 6 heteroatoms. The summed E-state index contributed by atoms with van der Waals surface area (Å²) < 4.78 is 4.70. The average molecular weight is 215 g/mol. The number of hydrogen-bond donors (Lipinski definition) is 0. The van der Waals surface area contributed by atoms with E-state index in [9.17, 15) is 14.9 Å². The van der Waals surface area contributed by atoms with Gasteiger partial charge in [0.15, 0.2) is 0 Å². The fraction of sp³-hybridized carbons (Fsp3) is 0.375. The molecule has 1 heterocycles. The number of thiophene rings is 1. The maximum Gasteiger partial charge on any atom is 0.311 e. The van der Waals surface area contributed by atoms with Crippen molar-refractivity contribution >= 4 is 23.0 Å². The standard InChI is InChI=1S/C8H9NO4S/c1-2-13-8(10)5-7-6(9(11)12)3-4-14-7/h3-4H,2,5H2,1H3. The highest BCUT2D eigenvalue weighted by Crippen LogP contribution is 2.24. The second-order valence-corrected chi connectivity index (χ2v) is 3.47. The Balaban J connectivity index is 2.71. The van der Waals surface area contributed by atoms with Gasteiger partial charge >= 0.3 is 5.97 Å². The lowest BCUT2D eigenvalue weighted by Gasteiger charge is -1.98. The lowest BCUT2D eigenvalue weighted by Crippen LogP contribution is -2.07. The highest BCUT2D eigenvalue weighted by Gasteiger charge is 2.18. The van der Waals surface area contributed by atoms with Crippen LogP contribution in [0.25, 0.3) is 0 Å². The lowest BCUT2D eigenvalue weighted by molar-refractivity contribution is -0.385. The van der Waals surface area contributed by atoms with Gasteiger partial charge in [0.1, 0.15) is 0 Å². The van der Waals surface area contributed by atoms with Crippen LogP contribution in [0, 0.1) is 10.1 Å². The SMILES string of the molecule is CCOC(=O)Cc1sccc1[N+](=O)[O-]. The van der Waals surface area contributed by atoms with E-state index in [1.807, 2.05) is 0 Å². The summed E-state index contributed by atoms with van der Waals surface area (Å²) in [5, 5.41) is 12.1. The molecule has 1 aromatic rings. The number of ether oxygens (including phenoxy) is 1. The molecule has 1 rings (SSSR count). The molecule has 0 atom stereocenters. The van der Waals surface area contributed by atoms with Gasteiger partial charge in [-0.1, -0.05) is 0 Å². The van der Waals surface area contributed by atoms with Crippen LogP contribution in [0.2, 0.25) is 0 Å². The van der Waals surface area contributed by atoms with Gasteiger partial charge in [-0.15, -0.1) is 11.3 Å². The van der Waals surface area contributed by atoms with E-state index in [1.54, 1.807) is 12.3 Å². The van der Waals surface area contributed by atoms with E-state index >= 15 is 0 Å². The first-order valence-corrected chi connectivity index (χ1v) is 4.89. The minimum atomic E-state index is -0.495. The van der Waals surface area contributed by atoms with E-state index < -0.39 is 10.9 Å². The van der Waals surface area contributed by atoms with Crippen LogP contribution in [0.1, 0.15) is 11.8 Å². The molecule has 0 saturated carbocycles. The Morgan fingerprint density at radius 1 is 1.71 bits per heavy atom. The molecule has 1 aromatic heterocycles. The van der Waals surface area contributed by atoms with Crippen molar-refractivity contribution in [3.8, 4) is 0 Å². The first-order chi connectivity index (χ1) is 6.65. The van der Waals surface area contributed by atoms with Gasteiger partial charge in [-0.2, -0.15) is 0 Å². The number of rotatable bonds is 4. The molecule has 0 fully saturated rings. The van der Waals surface area contributed by atoms with Gasteiger partial charge in [-0.3, -0.25) is 14.9 Å². The maximum atomic E-state index is 11.0. The smallest absolute Gasteiger partial charge is 0.311 e. The molecule has 5 nitrogen and oxygen atoms in total. The van der Waals surface area contributed by atoms with Crippen molar-refractivity contribution in [2.45, 2.75) is 13.3 Å². The van der Waals surface area contributed by atoms with Crippen molar-refractivity contribution < 1.29 is 14.5 Å².